The van der Waals surface area contributed by atoms with E-state index in [1.165, 1.54) is 44.0 Å². The molecule has 0 saturated heterocycles. The molecule has 0 saturated carbocycles. The molecule has 14 heteroatoms. The fraction of sp³-hybridized carbons (Fsp3) is 0.0435. The van der Waals surface area contributed by atoms with Gasteiger partial charge >= 0.3 is 29.1 Å². The van der Waals surface area contributed by atoms with Crippen LogP contribution in [0.3, 0.4) is 0 Å². The second-order valence-electron chi connectivity index (χ2n) is 6.79. The molecule has 2 aromatic heterocycles. The van der Waals surface area contributed by atoms with Gasteiger partial charge in [-0.25, -0.2) is 8.42 Å². The van der Waals surface area contributed by atoms with Crippen LogP contribution in [0.4, 0.5) is 27.8 Å². The first-order valence-electron chi connectivity index (χ1n) is 9.90. The minimum Gasteiger partial charge on any atom is -0.265 e. The van der Waals surface area contributed by atoms with E-state index in [2.05, 4.69) is 14.7 Å². The van der Waals surface area contributed by atoms with E-state index in [0.717, 1.165) is 42.6 Å². The molecule has 2 heterocycles. The van der Waals surface area contributed by atoms with Crippen molar-refractivity contribution in [2.45, 2.75) is 11.1 Å². The van der Waals surface area contributed by atoms with Crippen molar-refractivity contribution in [2.75, 3.05) is 0 Å². The van der Waals surface area contributed by atoms with E-state index >= 15 is 0 Å². The average Bonchev–Trinajstić information content (AvgIpc) is 2.91. The summed E-state index contributed by atoms with van der Waals surface area (Å²) in [6, 6.07) is 17.1. The SMILES string of the molecule is O=[N+]([O-])c1ccc(S(=O)(=O)[N-]c2ccccc2-c2cc(C(F)(F)F)ccn2)cc1.[F][Pd+].c1ccncc1. The molecule has 0 unspecified atom stereocenters. The predicted molar refractivity (Wildman–Crippen MR) is 123 cm³/mol. The van der Waals surface area contributed by atoms with Gasteiger partial charge in [0.1, 0.15) is 10.0 Å². The number of nitro benzene ring substituents is 1. The van der Waals surface area contributed by atoms with E-state index in [1.54, 1.807) is 12.4 Å². The molecule has 0 N–H and O–H groups in total. The Morgan fingerprint density at radius 2 is 1.49 bits per heavy atom. The normalized spacial score (nSPS) is 10.8. The largest absolute Gasteiger partial charge is 0.265 e. The molecule has 0 fully saturated rings. The Balaban J connectivity index is 0.000000519. The van der Waals surface area contributed by atoms with Crippen LogP contribution in [0.2, 0.25) is 0 Å². The van der Waals surface area contributed by atoms with Crippen molar-refractivity contribution >= 4 is 21.4 Å². The van der Waals surface area contributed by atoms with Gasteiger partial charge in [0, 0.05) is 30.7 Å². The topological polar surface area (TPSA) is 117 Å². The fourth-order valence-electron chi connectivity index (χ4n) is 2.76. The predicted octanol–water partition coefficient (Wildman–Crippen LogP) is 6.57. The third kappa shape index (κ3) is 8.71. The maximum Gasteiger partial charge on any atom is 0.0267 e. The summed E-state index contributed by atoms with van der Waals surface area (Å²) in [6.07, 6.45) is -0.117. The molecule has 0 atom stereocenters. The molecule has 0 aliphatic heterocycles. The van der Waals surface area contributed by atoms with Gasteiger partial charge in [-0.15, -0.1) is 5.69 Å². The van der Waals surface area contributed by atoms with Crippen LogP contribution in [-0.4, -0.2) is 23.3 Å². The van der Waals surface area contributed by atoms with Gasteiger partial charge in [-0.3, -0.25) is 20.1 Å². The molecule has 0 aliphatic rings. The van der Waals surface area contributed by atoms with E-state index in [0.29, 0.717) is 0 Å². The summed E-state index contributed by atoms with van der Waals surface area (Å²) >= 11 is 1.25. The van der Waals surface area contributed by atoms with E-state index in [1.807, 2.05) is 18.2 Å². The van der Waals surface area contributed by atoms with Crippen molar-refractivity contribution in [1.29, 1.82) is 0 Å². The number of hydrogen-bond acceptors (Lipinski definition) is 6. The van der Waals surface area contributed by atoms with Crippen molar-refractivity contribution in [2.24, 2.45) is 0 Å². The van der Waals surface area contributed by atoms with Gasteiger partial charge in [-0.1, -0.05) is 30.3 Å². The van der Waals surface area contributed by atoms with Crippen molar-refractivity contribution in [3.8, 4) is 11.3 Å². The monoisotopic (exact) mass is 626 g/mol. The second kappa shape index (κ2) is 13.5. The maximum absolute atomic E-state index is 13.0. The number of hydrogen-bond donors (Lipinski definition) is 0. The van der Waals surface area contributed by atoms with E-state index in [4.69, 9.17) is 0 Å². The molecule has 0 bridgehead atoms. The van der Waals surface area contributed by atoms with Crippen molar-refractivity contribution in [1.82, 2.24) is 9.97 Å². The van der Waals surface area contributed by atoms with Gasteiger partial charge in [0.25, 0.3) is 5.69 Å². The van der Waals surface area contributed by atoms with Gasteiger partial charge in [0.15, 0.2) is 0 Å². The summed E-state index contributed by atoms with van der Waals surface area (Å²) in [7, 11) is -4.27. The van der Waals surface area contributed by atoms with Gasteiger partial charge in [-0.05, 0) is 42.0 Å². The summed E-state index contributed by atoms with van der Waals surface area (Å²) in [6.45, 7) is 0. The molecule has 196 valence electrons. The number of aromatic nitrogens is 2. The van der Waals surface area contributed by atoms with Gasteiger partial charge in [-0.2, -0.15) is 13.2 Å². The van der Waals surface area contributed by atoms with Crippen LogP contribution in [0.1, 0.15) is 5.56 Å². The zero-order valence-corrected chi connectivity index (χ0v) is 20.8. The third-order valence-electron chi connectivity index (χ3n) is 4.40. The van der Waals surface area contributed by atoms with E-state index < -0.39 is 26.7 Å². The maximum atomic E-state index is 13.0. The Bertz CT molecular complexity index is 1380. The van der Waals surface area contributed by atoms with Gasteiger partial charge in [0.2, 0.25) is 0 Å². The molecule has 0 aliphatic carbocycles. The Labute approximate surface area is 220 Å². The third-order valence-corrected chi connectivity index (χ3v) is 5.70. The summed E-state index contributed by atoms with van der Waals surface area (Å²) in [5.74, 6) is 0. The quantitative estimate of drug-likeness (QED) is 0.107. The molecule has 8 nitrogen and oxygen atoms in total. The molecular weight excluding hydrogens is 611 g/mol. The first-order valence-corrected chi connectivity index (χ1v) is 11.9. The van der Waals surface area contributed by atoms with Crippen LogP contribution in [0.25, 0.3) is 16.0 Å². The summed E-state index contributed by atoms with van der Waals surface area (Å²) in [5.41, 5.74) is -1.35. The van der Waals surface area contributed by atoms with Crippen LogP contribution in [0, 0.1) is 10.1 Å². The zero-order chi connectivity index (χ0) is 27.5. The number of pyridine rings is 2. The van der Waals surface area contributed by atoms with Gasteiger partial charge in [0.05, 0.1) is 21.1 Å². The number of non-ortho nitro benzene ring substituents is 1. The molecular formula is C23H16F4N4O4PdS. The Morgan fingerprint density at radius 3 is 2.00 bits per heavy atom. The van der Waals surface area contributed by atoms with Crippen molar-refractivity contribution in [3.63, 3.8) is 0 Å². The van der Waals surface area contributed by atoms with Crippen LogP contribution in [0.5, 0.6) is 0 Å². The molecule has 2 aromatic carbocycles. The van der Waals surface area contributed by atoms with Crippen LogP contribution in [-0.2, 0) is 35.9 Å². The number of rotatable bonds is 5. The number of nitro groups is 1. The fourth-order valence-corrected chi connectivity index (χ4v) is 3.76. The summed E-state index contributed by atoms with van der Waals surface area (Å²) < 4.78 is 77.1. The summed E-state index contributed by atoms with van der Waals surface area (Å²) in [4.78, 5) is 17.4. The van der Waals surface area contributed by atoms with E-state index in [-0.39, 0.29) is 27.5 Å². The zero-order valence-electron chi connectivity index (χ0n) is 18.4. The average molecular weight is 627 g/mol. The Morgan fingerprint density at radius 1 is 0.865 bits per heavy atom. The number of nitrogens with zero attached hydrogens (tertiary/aromatic N) is 4. The molecule has 37 heavy (non-hydrogen) atoms. The first kappa shape index (κ1) is 29.5. The molecule has 4 rings (SSSR count). The number of sulfonamides is 1. The number of halogens is 4. The molecule has 0 radical (unpaired) electrons. The van der Waals surface area contributed by atoms with E-state index in [9.17, 15) is 34.9 Å². The van der Waals surface area contributed by atoms with Crippen LogP contribution < -0.4 is 0 Å². The Hall–Kier alpha value is -3.73. The first-order chi connectivity index (χ1) is 17.6. The van der Waals surface area contributed by atoms with Crippen molar-refractivity contribution < 1.29 is 49.5 Å². The standard InChI is InChI=1S/C18H11F3N3O4S.C5H5N.FH.Pd/c19-18(20,21)12-9-10-22-17(11-12)15-3-1-2-4-16(15)23-29(27,28)14-7-5-13(6-8-14)24(25)26;1-2-4-6-5-3-1;;/h1-11H;1-5H;1H;/q-1;;;+2/p-1. The Kier molecular flexibility index (Phi) is 10.8. The van der Waals surface area contributed by atoms with Crippen molar-refractivity contribution in [3.05, 3.63) is 118 Å². The second-order valence-corrected chi connectivity index (χ2v) is 8.39. The molecule has 0 spiro atoms. The number of alkyl halides is 3. The molecule has 0 amide bonds. The summed E-state index contributed by atoms with van der Waals surface area (Å²) in [5, 5.41) is 10.7. The minimum absolute atomic E-state index is 0.0871. The number of benzene rings is 2. The minimum atomic E-state index is -4.59. The van der Waals surface area contributed by atoms with Crippen LogP contribution in [0.15, 0.2) is 102 Å². The van der Waals surface area contributed by atoms with Crippen LogP contribution >= 0.6 is 0 Å². The smallest absolute Gasteiger partial charge is 0.0267 e. The molecule has 4 aromatic rings. The van der Waals surface area contributed by atoms with Gasteiger partial charge < -0.3 is 4.72 Å².